The molecule has 2 heterocycles. The van der Waals surface area contributed by atoms with Gasteiger partial charge in [-0.1, -0.05) is 60.9 Å². The number of para-hydroxylation sites is 1. The first kappa shape index (κ1) is 27.2. The number of rotatable bonds is 6. The average Bonchev–Trinajstić information content (AvgIpc) is 3.43. The first-order valence-corrected chi connectivity index (χ1v) is 15.2. The zero-order chi connectivity index (χ0) is 28.3. The molecule has 0 spiro atoms. The van der Waals surface area contributed by atoms with E-state index in [1.807, 2.05) is 61.7 Å². The molecule has 0 unspecified atom stereocenters. The van der Waals surface area contributed by atoms with Crippen LogP contribution in [0.15, 0.2) is 77.8 Å². The Morgan fingerprint density at radius 1 is 0.951 bits per heavy atom. The number of hydrogen-bond donors (Lipinski definition) is 1. The number of benzene rings is 3. The van der Waals surface area contributed by atoms with E-state index >= 15 is 0 Å². The van der Waals surface area contributed by atoms with E-state index in [9.17, 15) is 9.18 Å². The number of nitrogens with one attached hydrogen (secondary N) is 1. The number of aryl methyl sites for hydroxylation is 2. The lowest BCUT2D eigenvalue weighted by molar-refractivity contribution is 0.102. The Morgan fingerprint density at radius 3 is 2.46 bits per heavy atom. The summed E-state index contributed by atoms with van der Waals surface area (Å²) in [6.07, 6.45) is 8.50. The van der Waals surface area contributed by atoms with E-state index in [0.29, 0.717) is 6.54 Å². The van der Waals surface area contributed by atoms with Gasteiger partial charge in [-0.15, -0.1) is 11.3 Å². The molecule has 41 heavy (non-hydrogen) atoms. The Morgan fingerprint density at radius 2 is 1.68 bits per heavy atom. The van der Waals surface area contributed by atoms with Crippen LogP contribution >= 0.6 is 11.3 Å². The number of nitrogens with zero attached hydrogens (tertiary/aromatic N) is 2. The molecule has 0 radical (unpaired) electrons. The summed E-state index contributed by atoms with van der Waals surface area (Å²) >= 11 is 1.67. The standard InChI is InChI=1S/C35H34FN3OS/c1-23-13-19-27(20-14-23)38-34(40)33-29-10-5-3-4-6-12-32(29)41-35(33)37-21-30-24(2)39(31-11-8-7-9-28(30)31)22-25-15-17-26(36)18-16-25/h7-9,11,13-21H,3-6,10,12,22H2,1-2H3,(H,38,40). The lowest BCUT2D eigenvalue weighted by Crippen LogP contribution is -2.14. The van der Waals surface area contributed by atoms with Gasteiger partial charge in [-0.3, -0.25) is 4.79 Å². The molecule has 0 bridgehead atoms. The Labute approximate surface area is 244 Å². The van der Waals surface area contributed by atoms with Gasteiger partial charge >= 0.3 is 0 Å². The van der Waals surface area contributed by atoms with E-state index in [-0.39, 0.29) is 11.7 Å². The highest BCUT2D eigenvalue weighted by atomic mass is 32.1. The van der Waals surface area contributed by atoms with Crippen LogP contribution in [0, 0.1) is 19.7 Å². The fourth-order valence-electron chi connectivity index (χ4n) is 5.78. The summed E-state index contributed by atoms with van der Waals surface area (Å²) in [5, 5.41) is 5.02. The molecule has 3 aromatic carbocycles. The first-order valence-electron chi connectivity index (χ1n) is 14.4. The minimum atomic E-state index is -0.233. The van der Waals surface area contributed by atoms with Gasteiger partial charge in [0.25, 0.3) is 5.91 Å². The minimum absolute atomic E-state index is 0.0884. The largest absolute Gasteiger partial charge is 0.340 e. The fraction of sp³-hybridized carbons (Fsp3) is 0.257. The molecular weight excluding hydrogens is 529 g/mol. The summed E-state index contributed by atoms with van der Waals surface area (Å²) in [4.78, 5) is 20.1. The van der Waals surface area contributed by atoms with Crippen molar-refractivity contribution in [1.82, 2.24) is 4.57 Å². The Bertz CT molecular complexity index is 1730. The number of aromatic nitrogens is 1. The molecule has 208 valence electrons. The molecule has 2 aromatic heterocycles. The van der Waals surface area contributed by atoms with Crippen LogP contribution in [0.25, 0.3) is 10.9 Å². The number of thiophene rings is 1. The second kappa shape index (κ2) is 11.8. The maximum absolute atomic E-state index is 13.8. The van der Waals surface area contributed by atoms with Crippen LogP contribution in [0.5, 0.6) is 0 Å². The molecule has 0 fully saturated rings. The van der Waals surface area contributed by atoms with Crippen molar-refractivity contribution in [1.29, 1.82) is 0 Å². The monoisotopic (exact) mass is 563 g/mol. The summed E-state index contributed by atoms with van der Waals surface area (Å²) in [5.41, 5.74) is 8.09. The molecule has 6 heteroatoms. The molecule has 1 N–H and O–H groups in total. The van der Waals surface area contributed by atoms with Crippen LogP contribution in [0.3, 0.4) is 0 Å². The number of halogens is 1. The fourth-order valence-corrected chi connectivity index (χ4v) is 7.01. The van der Waals surface area contributed by atoms with Crippen molar-refractivity contribution in [3.63, 3.8) is 0 Å². The van der Waals surface area contributed by atoms with Crippen LogP contribution in [-0.4, -0.2) is 16.7 Å². The molecule has 0 saturated heterocycles. The third-order valence-electron chi connectivity index (χ3n) is 8.03. The Balaban J connectivity index is 1.40. The predicted molar refractivity (Wildman–Crippen MR) is 169 cm³/mol. The molecule has 4 nitrogen and oxygen atoms in total. The van der Waals surface area contributed by atoms with Gasteiger partial charge in [0.2, 0.25) is 0 Å². The average molecular weight is 564 g/mol. The highest BCUT2D eigenvalue weighted by Crippen LogP contribution is 2.40. The lowest BCUT2D eigenvalue weighted by Gasteiger charge is -2.12. The Hall–Kier alpha value is -4.03. The molecule has 1 aliphatic carbocycles. The van der Waals surface area contributed by atoms with Crippen LogP contribution in [0.1, 0.15) is 68.9 Å². The van der Waals surface area contributed by atoms with E-state index < -0.39 is 0 Å². The second-order valence-electron chi connectivity index (χ2n) is 10.9. The van der Waals surface area contributed by atoms with Gasteiger partial charge in [0.05, 0.1) is 5.56 Å². The van der Waals surface area contributed by atoms with Gasteiger partial charge in [0.15, 0.2) is 0 Å². The van der Waals surface area contributed by atoms with Gasteiger partial charge in [0, 0.05) is 45.5 Å². The molecule has 0 atom stereocenters. The van der Waals surface area contributed by atoms with Crippen molar-refractivity contribution >= 4 is 45.0 Å². The molecule has 1 amide bonds. The van der Waals surface area contributed by atoms with Crippen LogP contribution < -0.4 is 5.32 Å². The molecule has 1 aliphatic rings. The number of carbonyl (C=O) groups is 1. The van der Waals surface area contributed by atoms with Gasteiger partial charge in [0.1, 0.15) is 10.8 Å². The number of carbonyl (C=O) groups excluding carboxylic acids is 1. The normalized spacial score (nSPS) is 13.7. The van der Waals surface area contributed by atoms with Gasteiger partial charge in [-0.2, -0.15) is 0 Å². The second-order valence-corrected chi connectivity index (χ2v) is 12.0. The van der Waals surface area contributed by atoms with Crippen molar-refractivity contribution in [3.8, 4) is 0 Å². The number of fused-ring (bicyclic) bond motifs is 2. The van der Waals surface area contributed by atoms with Crippen LogP contribution in [-0.2, 0) is 19.4 Å². The maximum Gasteiger partial charge on any atom is 0.259 e. The third kappa shape index (κ3) is 5.75. The van der Waals surface area contributed by atoms with Gasteiger partial charge < -0.3 is 9.88 Å². The van der Waals surface area contributed by atoms with E-state index in [2.05, 4.69) is 28.9 Å². The zero-order valence-corrected chi connectivity index (χ0v) is 24.4. The summed E-state index contributed by atoms with van der Waals surface area (Å²) in [6, 6.07) is 22.9. The van der Waals surface area contributed by atoms with E-state index in [4.69, 9.17) is 4.99 Å². The zero-order valence-electron chi connectivity index (χ0n) is 23.5. The number of hydrogen-bond acceptors (Lipinski definition) is 3. The number of amides is 1. The third-order valence-corrected chi connectivity index (χ3v) is 9.23. The predicted octanol–water partition coefficient (Wildman–Crippen LogP) is 9.17. The summed E-state index contributed by atoms with van der Waals surface area (Å²) in [7, 11) is 0. The molecular formula is C35H34FN3OS. The summed E-state index contributed by atoms with van der Waals surface area (Å²) in [6.45, 7) is 4.78. The molecule has 0 aliphatic heterocycles. The van der Waals surface area contributed by atoms with Crippen molar-refractivity contribution in [2.45, 2.75) is 58.9 Å². The van der Waals surface area contributed by atoms with E-state index in [1.54, 1.807) is 11.3 Å². The van der Waals surface area contributed by atoms with Gasteiger partial charge in [-0.25, -0.2) is 9.38 Å². The molecule has 0 saturated carbocycles. The smallest absolute Gasteiger partial charge is 0.259 e. The van der Waals surface area contributed by atoms with Crippen molar-refractivity contribution in [2.24, 2.45) is 4.99 Å². The van der Waals surface area contributed by atoms with E-state index in [1.165, 1.54) is 35.4 Å². The van der Waals surface area contributed by atoms with E-state index in [0.717, 1.165) is 75.2 Å². The summed E-state index contributed by atoms with van der Waals surface area (Å²) < 4.78 is 15.8. The number of anilines is 1. The SMILES string of the molecule is Cc1ccc(NC(=O)c2c(N=Cc3c(C)n(Cc4ccc(F)cc4)c4ccccc34)sc3c2CCCCCC3)cc1. The Kier molecular flexibility index (Phi) is 7.84. The van der Waals surface area contributed by atoms with Crippen molar-refractivity contribution in [2.75, 3.05) is 5.32 Å². The van der Waals surface area contributed by atoms with Crippen molar-refractivity contribution in [3.05, 3.63) is 117 Å². The van der Waals surface area contributed by atoms with Crippen LogP contribution in [0.4, 0.5) is 15.1 Å². The topological polar surface area (TPSA) is 46.4 Å². The number of aliphatic imine (C=N–C) groups is 1. The van der Waals surface area contributed by atoms with Crippen molar-refractivity contribution < 1.29 is 9.18 Å². The summed E-state index contributed by atoms with van der Waals surface area (Å²) in [5.74, 6) is -0.322. The quantitative estimate of drug-likeness (QED) is 0.206. The molecule has 6 rings (SSSR count). The lowest BCUT2D eigenvalue weighted by atomic mass is 9.96. The first-order chi connectivity index (χ1) is 20.0. The highest BCUT2D eigenvalue weighted by Gasteiger charge is 2.24. The molecule has 5 aromatic rings. The minimum Gasteiger partial charge on any atom is -0.340 e. The van der Waals surface area contributed by atoms with Gasteiger partial charge in [-0.05, 0) is 81.0 Å². The maximum atomic E-state index is 13.8. The highest BCUT2D eigenvalue weighted by molar-refractivity contribution is 7.16. The van der Waals surface area contributed by atoms with Crippen LogP contribution in [0.2, 0.25) is 0 Å².